The summed E-state index contributed by atoms with van der Waals surface area (Å²) < 4.78 is 0. The Balaban J connectivity index is 1.87. The van der Waals surface area contributed by atoms with Crippen molar-refractivity contribution < 1.29 is 0 Å². The van der Waals surface area contributed by atoms with Crippen LogP contribution in [-0.2, 0) is 0 Å². The van der Waals surface area contributed by atoms with Gasteiger partial charge in [0.25, 0.3) is 0 Å². The van der Waals surface area contributed by atoms with Gasteiger partial charge in [-0.25, -0.2) is 0 Å². The van der Waals surface area contributed by atoms with Crippen LogP contribution in [0.15, 0.2) is 0 Å². The van der Waals surface area contributed by atoms with Gasteiger partial charge in [0.15, 0.2) is 0 Å². The third-order valence-corrected chi connectivity index (χ3v) is 5.27. The highest BCUT2D eigenvalue weighted by Gasteiger charge is 2.40. The van der Waals surface area contributed by atoms with Crippen LogP contribution in [0.2, 0.25) is 0 Å². The van der Waals surface area contributed by atoms with Gasteiger partial charge in [-0.15, -0.1) is 0 Å². The molecule has 0 N–H and O–H groups in total. The fourth-order valence-corrected chi connectivity index (χ4v) is 4.48. The zero-order valence-corrected chi connectivity index (χ0v) is 8.84. The van der Waals surface area contributed by atoms with Gasteiger partial charge in [-0.05, 0) is 68.1 Å². The van der Waals surface area contributed by atoms with Crippen molar-refractivity contribution in [1.29, 1.82) is 0 Å². The monoisotopic (exact) mass is 178 g/mol. The molecule has 0 amide bonds. The van der Waals surface area contributed by atoms with E-state index in [4.69, 9.17) is 0 Å². The second kappa shape index (κ2) is 3.00. The smallest absolute Gasteiger partial charge is 0.0380 e. The molecule has 3 bridgehead atoms. The van der Waals surface area contributed by atoms with Gasteiger partial charge in [0, 0.05) is 0 Å². The molecule has 0 heterocycles. The van der Waals surface area contributed by atoms with Gasteiger partial charge in [-0.3, -0.25) is 0 Å². The van der Waals surface area contributed by atoms with Crippen LogP contribution < -0.4 is 0 Å². The molecule has 3 saturated carbocycles. The predicted molar refractivity (Wildman–Crippen MR) is 55.4 cm³/mol. The van der Waals surface area contributed by atoms with Crippen molar-refractivity contribution in [2.24, 2.45) is 29.6 Å². The summed E-state index contributed by atoms with van der Waals surface area (Å²) in [5, 5.41) is 0. The summed E-state index contributed by atoms with van der Waals surface area (Å²) in [5.74, 6) is 5.60. The van der Waals surface area contributed by atoms with Crippen molar-refractivity contribution in [3.8, 4) is 0 Å². The maximum absolute atomic E-state index is 2.52. The molecule has 3 fully saturated rings. The normalized spacial score (nSPS) is 54.7. The maximum atomic E-state index is 2.52. The molecule has 0 aromatic rings. The first kappa shape index (κ1) is 8.32. The quantitative estimate of drug-likeness (QED) is 0.528. The SMILES string of the molecule is CC1CC2CCC3CCC1CC3C2. The van der Waals surface area contributed by atoms with Crippen molar-refractivity contribution in [3.05, 3.63) is 0 Å². The number of rotatable bonds is 0. The van der Waals surface area contributed by atoms with E-state index in [1.165, 1.54) is 0 Å². The third kappa shape index (κ3) is 1.33. The Hall–Kier alpha value is 0. The van der Waals surface area contributed by atoms with E-state index >= 15 is 0 Å². The minimum Gasteiger partial charge on any atom is -0.0622 e. The fraction of sp³-hybridized carbons (Fsp3) is 1.00. The van der Waals surface area contributed by atoms with E-state index in [9.17, 15) is 0 Å². The molecule has 0 saturated heterocycles. The molecular formula is C13H22. The van der Waals surface area contributed by atoms with E-state index < -0.39 is 0 Å². The first-order valence-corrected chi connectivity index (χ1v) is 6.33. The van der Waals surface area contributed by atoms with E-state index in [0.29, 0.717) is 0 Å². The first-order valence-electron chi connectivity index (χ1n) is 6.33. The van der Waals surface area contributed by atoms with Crippen LogP contribution >= 0.6 is 0 Å². The van der Waals surface area contributed by atoms with Gasteiger partial charge in [0.1, 0.15) is 0 Å². The highest BCUT2D eigenvalue weighted by atomic mass is 14.5. The minimum atomic E-state index is 1.05. The molecule has 3 aliphatic carbocycles. The molecule has 5 unspecified atom stereocenters. The Bertz CT molecular complexity index is 194. The van der Waals surface area contributed by atoms with Gasteiger partial charge < -0.3 is 0 Å². The lowest BCUT2D eigenvalue weighted by Gasteiger charge is -2.39. The minimum absolute atomic E-state index is 1.05. The van der Waals surface area contributed by atoms with E-state index in [1.807, 2.05) is 0 Å². The molecule has 0 spiro atoms. The second-order valence-electron chi connectivity index (χ2n) is 5.99. The molecule has 0 nitrogen and oxygen atoms in total. The van der Waals surface area contributed by atoms with Crippen LogP contribution in [0.4, 0.5) is 0 Å². The molecule has 0 aromatic carbocycles. The van der Waals surface area contributed by atoms with E-state index in [0.717, 1.165) is 29.6 Å². The highest BCUT2D eigenvalue weighted by molar-refractivity contribution is 4.91. The molecule has 0 aromatic heterocycles. The molecule has 13 heavy (non-hydrogen) atoms. The lowest BCUT2D eigenvalue weighted by Crippen LogP contribution is -2.28. The molecule has 0 heteroatoms. The van der Waals surface area contributed by atoms with Crippen molar-refractivity contribution in [2.45, 2.75) is 51.9 Å². The second-order valence-corrected chi connectivity index (χ2v) is 5.99. The zero-order valence-electron chi connectivity index (χ0n) is 8.84. The van der Waals surface area contributed by atoms with Crippen molar-refractivity contribution in [3.63, 3.8) is 0 Å². The largest absolute Gasteiger partial charge is 0.0622 e. The summed E-state index contributed by atoms with van der Waals surface area (Å²) in [6.45, 7) is 2.52. The Morgan fingerprint density at radius 2 is 1.46 bits per heavy atom. The Morgan fingerprint density at radius 1 is 0.692 bits per heavy atom. The summed E-state index contributed by atoms with van der Waals surface area (Å²) in [4.78, 5) is 0. The third-order valence-electron chi connectivity index (χ3n) is 5.27. The molecular weight excluding hydrogens is 156 g/mol. The number of hydrogen-bond donors (Lipinski definition) is 0. The zero-order chi connectivity index (χ0) is 8.84. The first-order chi connectivity index (χ1) is 6.33. The average Bonchev–Trinajstić information content (AvgIpc) is 2.22. The van der Waals surface area contributed by atoms with E-state index in [-0.39, 0.29) is 0 Å². The lowest BCUT2D eigenvalue weighted by molar-refractivity contribution is 0.122. The summed E-state index contributed by atoms with van der Waals surface area (Å²) in [5.41, 5.74) is 0. The standard InChI is InChI=1S/C13H22/c1-9-6-10-2-3-11-4-5-12(9)8-13(11)7-10/h9-13H,2-8H2,1H3. The Kier molecular flexibility index (Phi) is 1.92. The summed E-state index contributed by atoms with van der Waals surface area (Å²) in [6, 6.07) is 0. The molecule has 0 radical (unpaired) electrons. The molecule has 5 atom stereocenters. The van der Waals surface area contributed by atoms with Crippen LogP contribution in [0.5, 0.6) is 0 Å². The van der Waals surface area contributed by atoms with Crippen LogP contribution in [0, 0.1) is 29.6 Å². The van der Waals surface area contributed by atoms with Crippen LogP contribution in [0.1, 0.15) is 51.9 Å². The van der Waals surface area contributed by atoms with Gasteiger partial charge in [-0.1, -0.05) is 13.3 Å². The molecule has 0 aliphatic heterocycles. The van der Waals surface area contributed by atoms with Gasteiger partial charge in [0.2, 0.25) is 0 Å². The van der Waals surface area contributed by atoms with Crippen molar-refractivity contribution in [1.82, 2.24) is 0 Å². The average molecular weight is 178 g/mol. The fourth-order valence-electron chi connectivity index (χ4n) is 4.48. The molecule has 3 rings (SSSR count). The summed E-state index contributed by atoms with van der Waals surface area (Å²) in [6.07, 6.45) is 11.1. The number of fused-ring (bicyclic) bond motifs is 2. The van der Waals surface area contributed by atoms with Crippen molar-refractivity contribution >= 4 is 0 Å². The maximum Gasteiger partial charge on any atom is -0.0380 e. The summed E-state index contributed by atoms with van der Waals surface area (Å²) in [7, 11) is 0. The Morgan fingerprint density at radius 3 is 2.38 bits per heavy atom. The van der Waals surface area contributed by atoms with E-state index in [1.54, 1.807) is 44.9 Å². The van der Waals surface area contributed by atoms with Crippen LogP contribution in [0.25, 0.3) is 0 Å². The summed E-state index contributed by atoms with van der Waals surface area (Å²) >= 11 is 0. The van der Waals surface area contributed by atoms with Crippen LogP contribution in [-0.4, -0.2) is 0 Å². The van der Waals surface area contributed by atoms with Crippen LogP contribution in [0.3, 0.4) is 0 Å². The molecule has 74 valence electrons. The topological polar surface area (TPSA) is 0 Å². The van der Waals surface area contributed by atoms with Gasteiger partial charge >= 0.3 is 0 Å². The van der Waals surface area contributed by atoms with Crippen molar-refractivity contribution in [2.75, 3.05) is 0 Å². The predicted octanol–water partition coefficient (Wildman–Crippen LogP) is 3.86. The highest BCUT2D eigenvalue weighted by Crippen LogP contribution is 2.51. The van der Waals surface area contributed by atoms with Gasteiger partial charge in [0.05, 0.1) is 0 Å². The lowest BCUT2D eigenvalue weighted by atomic mass is 9.67. The molecule has 3 aliphatic rings. The van der Waals surface area contributed by atoms with Gasteiger partial charge in [-0.2, -0.15) is 0 Å². The van der Waals surface area contributed by atoms with E-state index in [2.05, 4.69) is 6.92 Å². The Labute approximate surface area is 82.1 Å². The number of hydrogen-bond acceptors (Lipinski definition) is 0.